The van der Waals surface area contributed by atoms with E-state index in [0.717, 1.165) is 11.5 Å². The van der Waals surface area contributed by atoms with Gasteiger partial charge in [0, 0.05) is 28.3 Å². The lowest BCUT2D eigenvalue weighted by Gasteiger charge is -2.11. The Kier molecular flexibility index (Phi) is 5.18. The zero-order valence-electron chi connectivity index (χ0n) is 13.1. The Morgan fingerprint density at radius 2 is 1.54 bits per heavy atom. The van der Waals surface area contributed by atoms with Crippen LogP contribution in [0, 0.1) is 6.92 Å². The monoisotopic (exact) mass is 358 g/mol. The molecule has 3 aromatic rings. The first-order valence-electron chi connectivity index (χ1n) is 7.45. The van der Waals surface area contributed by atoms with Gasteiger partial charge in [-0.1, -0.05) is 53.5 Å². The van der Waals surface area contributed by atoms with Gasteiger partial charge in [-0.2, -0.15) is 0 Å². The number of nitrogens with one attached hydrogen (secondary N) is 2. The normalized spacial score (nSPS) is 10.5. The quantitative estimate of drug-likeness (QED) is 0.636. The van der Waals surface area contributed by atoms with E-state index >= 15 is 0 Å². The van der Waals surface area contributed by atoms with Crippen molar-refractivity contribution in [2.24, 2.45) is 0 Å². The summed E-state index contributed by atoms with van der Waals surface area (Å²) in [5.41, 5.74) is 1.96. The van der Waals surface area contributed by atoms with Crippen LogP contribution in [0.3, 0.4) is 0 Å². The van der Waals surface area contributed by atoms with Crippen molar-refractivity contribution in [3.8, 4) is 0 Å². The number of aromatic nitrogens is 2. The van der Waals surface area contributed by atoms with Gasteiger partial charge in [-0.05, 0) is 30.7 Å². The third kappa shape index (κ3) is 4.60. The molecule has 0 atom stereocenters. The highest BCUT2D eigenvalue weighted by Gasteiger charge is 2.04. The van der Waals surface area contributed by atoms with Crippen molar-refractivity contribution in [1.82, 2.24) is 9.97 Å². The second kappa shape index (κ2) is 7.51. The van der Waals surface area contributed by atoms with E-state index in [4.69, 9.17) is 23.2 Å². The molecule has 2 aromatic carbocycles. The summed E-state index contributed by atoms with van der Waals surface area (Å²) < 4.78 is 0. The van der Waals surface area contributed by atoms with Crippen LogP contribution in [0.2, 0.25) is 10.0 Å². The van der Waals surface area contributed by atoms with Crippen molar-refractivity contribution in [3.63, 3.8) is 0 Å². The zero-order chi connectivity index (χ0) is 16.9. The van der Waals surface area contributed by atoms with Crippen molar-refractivity contribution in [2.75, 3.05) is 10.6 Å². The smallest absolute Gasteiger partial charge is 0.136 e. The minimum atomic E-state index is 0.568. The van der Waals surface area contributed by atoms with Crippen LogP contribution >= 0.6 is 23.2 Å². The highest BCUT2D eigenvalue weighted by molar-refractivity contribution is 6.35. The highest BCUT2D eigenvalue weighted by Crippen LogP contribution is 2.25. The van der Waals surface area contributed by atoms with Crippen LogP contribution in [-0.4, -0.2) is 9.97 Å². The topological polar surface area (TPSA) is 49.8 Å². The predicted octanol–water partition coefficient (Wildman–Crippen LogP) is 5.45. The van der Waals surface area contributed by atoms with Gasteiger partial charge in [0.15, 0.2) is 0 Å². The summed E-state index contributed by atoms with van der Waals surface area (Å²) in [6.45, 7) is 2.55. The Hall–Kier alpha value is -2.30. The van der Waals surface area contributed by atoms with Gasteiger partial charge in [0.25, 0.3) is 0 Å². The first kappa shape index (κ1) is 16.6. The third-order valence-electron chi connectivity index (χ3n) is 3.29. The number of rotatable bonds is 5. The average Bonchev–Trinajstić information content (AvgIpc) is 2.52. The van der Waals surface area contributed by atoms with E-state index in [9.17, 15) is 0 Å². The zero-order valence-corrected chi connectivity index (χ0v) is 14.6. The molecule has 0 saturated heterocycles. The minimum absolute atomic E-state index is 0.568. The third-order valence-corrected chi connectivity index (χ3v) is 3.73. The van der Waals surface area contributed by atoms with Crippen molar-refractivity contribution >= 4 is 40.5 Å². The molecule has 0 amide bonds. The van der Waals surface area contributed by atoms with Crippen molar-refractivity contribution in [2.45, 2.75) is 13.5 Å². The van der Waals surface area contributed by atoms with Crippen molar-refractivity contribution in [3.05, 3.63) is 76.0 Å². The molecule has 0 fully saturated rings. The van der Waals surface area contributed by atoms with Crippen LogP contribution in [0.15, 0.2) is 54.6 Å². The Morgan fingerprint density at radius 1 is 0.875 bits per heavy atom. The summed E-state index contributed by atoms with van der Waals surface area (Å²) in [6.07, 6.45) is 0. The molecule has 0 bridgehead atoms. The van der Waals surface area contributed by atoms with E-state index in [2.05, 4.69) is 32.7 Å². The molecule has 0 spiro atoms. The standard InChI is InChI=1S/C18H16Cl2N4/c1-12-22-17(21-11-13-5-3-2-4-6-13)10-18(23-12)24-16-8-14(19)7-15(20)9-16/h2-10H,11H2,1H3,(H2,21,22,23,24). The number of hydrogen-bond acceptors (Lipinski definition) is 4. The number of aryl methyl sites for hydroxylation is 1. The maximum atomic E-state index is 6.03. The van der Waals surface area contributed by atoms with E-state index in [0.29, 0.717) is 28.2 Å². The molecule has 4 nitrogen and oxygen atoms in total. The fraction of sp³-hybridized carbons (Fsp3) is 0.111. The fourth-order valence-corrected chi connectivity index (χ4v) is 2.81. The van der Waals surface area contributed by atoms with Crippen molar-refractivity contribution in [1.29, 1.82) is 0 Å². The predicted molar refractivity (Wildman–Crippen MR) is 100 cm³/mol. The van der Waals surface area contributed by atoms with Crippen LogP contribution in [0.4, 0.5) is 17.3 Å². The lowest BCUT2D eigenvalue weighted by molar-refractivity contribution is 1.03. The number of halogens is 2. The molecular formula is C18H16Cl2N4. The van der Waals surface area contributed by atoms with Gasteiger partial charge in [0.05, 0.1) is 0 Å². The van der Waals surface area contributed by atoms with E-state index in [1.165, 1.54) is 5.56 Å². The molecule has 1 heterocycles. The first-order chi connectivity index (χ1) is 11.6. The number of anilines is 3. The molecule has 0 saturated carbocycles. The Morgan fingerprint density at radius 3 is 2.25 bits per heavy atom. The van der Waals surface area contributed by atoms with Gasteiger partial charge in [0.2, 0.25) is 0 Å². The SMILES string of the molecule is Cc1nc(NCc2ccccc2)cc(Nc2cc(Cl)cc(Cl)c2)n1. The van der Waals surface area contributed by atoms with E-state index in [-0.39, 0.29) is 0 Å². The molecule has 0 aliphatic heterocycles. The number of benzene rings is 2. The number of nitrogens with zero attached hydrogens (tertiary/aromatic N) is 2. The Labute approximate surface area is 150 Å². The number of hydrogen-bond donors (Lipinski definition) is 2. The maximum Gasteiger partial charge on any atom is 0.136 e. The largest absolute Gasteiger partial charge is 0.366 e. The summed E-state index contributed by atoms with van der Waals surface area (Å²) in [7, 11) is 0. The summed E-state index contributed by atoms with van der Waals surface area (Å²) in [6, 6.07) is 17.3. The molecule has 122 valence electrons. The van der Waals surface area contributed by atoms with Gasteiger partial charge >= 0.3 is 0 Å². The van der Waals surface area contributed by atoms with E-state index < -0.39 is 0 Å². The van der Waals surface area contributed by atoms with Crippen LogP contribution in [0.5, 0.6) is 0 Å². The first-order valence-corrected chi connectivity index (χ1v) is 8.21. The summed E-state index contributed by atoms with van der Waals surface area (Å²) in [4.78, 5) is 8.81. The second-order valence-corrected chi connectivity index (χ2v) is 6.18. The van der Waals surface area contributed by atoms with E-state index in [1.807, 2.05) is 31.2 Å². The van der Waals surface area contributed by atoms with Crippen LogP contribution < -0.4 is 10.6 Å². The Balaban J connectivity index is 1.76. The van der Waals surface area contributed by atoms with Gasteiger partial charge in [-0.15, -0.1) is 0 Å². The van der Waals surface area contributed by atoms with Gasteiger partial charge in [-0.3, -0.25) is 0 Å². The second-order valence-electron chi connectivity index (χ2n) is 5.31. The fourth-order valence-electron chi connectivity index (χ4n) is 2.28. The van der Waals surface area contributed by atoms with Crippen LogP contribution in [0.25, 0.3) is 0 Å². The molecule has 6 heteroatoms. The molecule has 24 heavy (non-hydrogen) atoms. The van der Waals surface area contributed by atoms with Gasteiger partial charge < -0.3 is 10.6 Å². The molecule has 0 radical (unpaired) electrons. The van der Waals surface area contributed by atoms with Crippen molar-refractivity contribution < 1.29 is 0 Å². The highest BCUT2D eigenvalue weighted by atomic mass is 35.5. The summed E-state index contributed by atoms with van der Waals surface area (Å²) in [5.74, 6) is 2.10. The van der Waals surface area contributed by atoms with Crippen LogP contribution in [0.1, 0.15) is 11.4 Å². The Bertz CT molecular complexity index is 817. The average molecular weight is 359 g/mol. The molecule has 0 aliphatic carbocycles. The lowest BCUT2D eigenvalue weighted by atomic mass is 10.2. The molecule has 2 N–H and O–H groups in total. The molecule has 3 rings (SSSR count). The summed E-state index contributed by atoms with van der Waals surface area (Å²) >= 11 is 12.1. The lowest BCUT2D eigenvalue weighted by Crippen LogP contribution is -2.05. The maximum absolute atomic E-state index is 6.03. The van der Waals surface area contributed by atoms with Gasteiger partial charge in [-0.25, -0.2) is 9.97 Å². The molecule has 1 aromatic heterocycles. The summed E-state index contributed by atoms with van der Waals surface area (Å²) in [5, 5.41) is 7.65. The molecule has 0 aliphatic rings. The minimum Gasteiger partial charge on any atom is -0.366 e. The molecule has 0 unspecified atom stereocenters. The van der Waals surface area contributed by atoms with Gasteiger partial charge in [0.1, 0.15) is 17.5 Å². The molecular weight excluding hydrogens is 343 g/mol. The van der Waals surface area contributed by atoms with Crippen LogP contribution in [-0.2, 0) is 6.54 Å². The van der Waals surface area contributed by atoms with E-state index in [1.54, 1.807) is 18.2 Å².